The van der Waals surface area contributed by atoms with Crippen molar-refractivity contribution in [3.8, 4) is 0 Å². The van der Waals surface area contributed by atoms with E-state index in [9.17, 15) is 0 Å². The quantitative estimate of drug-likeness (QED) is 0.456. The van der Waals surface area contributed by atoms with E-state index in [0.29, 0.717) is 6.04 Å². The fourth-order valence-electron chi connectivity index (χ4n) is 1.96. The molecule has 0 aliphatic carbocycles. The smallest absolute Gasteiger partial charge is 0.0341 e. The molecule has 0 aromatic heterocycles. The summed E-state index contributed by atoms with van der Waals surface area (Å²) in [6.45, 7) is 8.94. The van der Waals surface area contributed by atoms with Crippen molar-refractivity contribution in [1.82, 2.24) is 5.43 Å². The maximum atomic E-state index is 5.64. The number of nitrogens with two attached hydrogens (primary N) is 1. The molecule has 108 valence electrons. The summed E-state index contributed by atoms with van der Waals surface area (Å²) in [4.78, 5) is 0. The van der Waals surface area contributed by atoms with Crippen molar-refractivity contribution in [3.05, 3.63) is 35.4 Å². The summed E-state index contributed by atoms with van der Waals surface area (Å²) in [6.07, 6.45) is 2.22. The first-order valence-electron chi connectivity index (χ1n) is 7.10. The predicted molar refractivity (Wildman–Crippen MR) is 87.6 cm³/mol. The third-order valence-electron chi connectivity index (χ3n) is 3.21. The van der Waals surface area contributed by atoms with Crippen LogP contribution < -0.4 is 11.3 Å². The van der Waals surface area contributed by atoms with Crippen molar-refractivity contribution in [2.75, 3.05) is 11.5 Å². The topological polar surface area (TPSA) is 38.0 Å². The van der Waals surface area contributed by atoms with E-state index in [2.05, 4.69) is 57.4 Å². The van der Waals surface area contributed by atoms with Crippen molar-refractivity contribution in [3.63, 3.8) is 0 Å². The van der Waals surface area contributed by atoms with Gasteiger partial charge in [-0.05, 0) is 35.1 Å². The molecule has 1 rings (SSSR count). The summed E-state index contributed by atoms with van der Waals surface area (Å²) in [5.74, 6) is 7.92. The Morgan fingerprint density at radius 1 is 1.21 bits per heavy atom. The maximum Gasteiger partial charge on any atom is 0.0341 e. The van der Waals surface area contributed by atoms with Gasteiger partial charge in [0.15, 0.2) is 0 Å². The number of hydrazine groups is 1. The minimum Gasteiger partial charge on any atom is -0.271 e. The molecule has 2 nitrogen and oxygen atoms in total. The Labute approximate surface area is 122 Å². The van der Waals surface area contributed by atoms with Crippen molar-refractivity contribution in [2.45, 2.75) is 52.0 Å². The molecule has 1 atom stereocenters. The van der Waals surface area contributed by atoms with Crippen molar-refractivity contribution in [2.24, 2.45) is 5.84 Å². The molecule has 0 radical (unpaired) electrons. The largest absolute Gasteiger partial charge is 0.271 e. The number of benzene rings is 1. The van der Waals surface area contributed by atoms with E-state index in [1.807, 2.05) is 11.8 Å². The molecule has 0 amide bonds. The number of hydrogen-bond acceptors (Lipinski definition) is 3. The average molecular weight is 280 g/mol. The Kier molecular flexibility index (Phi) is 6.90. The van der Waals surface area contributed by atoms with Gasteiger partial charge in [-0.15, -0.1) is 0 Å². The number of rotatable bonds is 7. The summed E-state index contributed by atoms with van der Waals surface area (Å²) in [5, 5.41) is 0. The second-order valence-corrected chi connectivity index (χ2v) is 7.24. The van der Waals surface area contributed by atoms with Crippen LogP contribution in [0.25, 0.3) is 0 Å². The lowest BCUT2D eigenvalue weighted by atomic mass is 9.86. The lowest BCUT2D eigenvalue weighted by Gasteiger charge is -2.20. The first-order valence-corrected chi connectivity index (χ1v) is 8.26. The SMILES string of the molecule is CCCSCC(Cc1ccc(C(C)(C)C)cc1)NN. The maximum absolute atomic E-state index is 5.64. The zero-order chi connectivity index (χ0) is 14.3. The molecule has 3 heteroatoms. The van der Waals surface area contributed by atoms with E-state index >= 15 is 0 Å². The van der Waals surface area contributed by atoms with Gasteiger partial charge >= 0.3 is 0 Å². The van der Waals surface area contributed by atoms with Crippen LogP contribution in [0.2, 0.25) is 0 Å². The second-order valence-electron chi connectivity index (χ2n) is 6.09. The van der Waals surface area contributed by atoms with Gasteiger partial charge in [0.25, 0.3) is 0 Å². The Morgan fingerprint density at radius 3 is 2.32 bits per heavy atom. The highest BCUT2D eigenvalue weighted by molar-refractivity contribution is 7.99. The van der Waals surface area contributed by atoms with Crippen LogP contribution in [0.5, 0.6) is 0 Å². The van der Waals surface area contributed by atoms with Gasteiger partial charge < -0.3 is 0 Å². The lowest BCUT2D eigenvalue weighted by Crippen LogP contribution is -2.38. The summed E-state index contributed by atoms with van der Waals surface area (Å²) in [5.41, 5.74) is 5.89. The predicted octanol–water partition coefficient (Wildman–Crippen LogP) is 3.50. The highest BCUT2D eigenvalue weighted by atomic mass is 32.2. The number of hydrogen-bond donors (Lipinski definition) is 2. The fourth-order valence-corrected chi connectivity index (χ4v) is 2.92. The number of thioether (sulfide) groups is 1. The second kappa shape index (κ2) is 7.93. The Bertz CT molecular complexity index is 354. The van der Waals surface area contributed by atoms with Gasteiger partial charge in [-0.25, -0.2) is 0 Å². The molecule has 19 heavy (non-hydrogen) atoms. The van der Waals surface area contributed by atoms with Crippen LogP contribution in [-0.4, -0.2) is 17.5 Å². The summed E-state index contributed by atoms with van der Waals surface area (Å²) in [6, 6.07) is 9.30. The normalized spacial score (nSPS) is 13.5. The van der Waals surface area contributed by atoms with E-state index < -0.39 is 0 Å². The van der Waals surface area contributed by atoms with E-state index in [1.165, 1.54) is 23.3 Å². The fraction of sp³-hybridized carbons (Fsp3) is 0.625. The third kappa shape index (κ3) is 5.98. The van der Waals surface area contributed by atoms with Gasteiger partial charge in [0.05, 0.1) is 0 Å². The molecule has 0 saturated carbocycles. The summed E-state index contributed by atoms with van der Waals surface area (Å²) >= 11 is 1.97. The van der Waals surface area contributed by atoms with Crippen LogP contribution in [0.4, 0.5) is 0 Å². The first-order chi connectivity index (χ1) is 8.97. The third-order valence-corrected chi connectivity index (χ3v) is 4.54. The van der Waals surface area contributed by atoms with Crippen LogP contribution in [0.3, 0.4) is 0 Å². The molecule has 0 aliphatic heterocycles. The van der Waals surface area contributed by atoms with Crippen LogP contribution >= 0.6 is 11.8 Å². The van der Waals surface area contributed by atoms with E-state index in [0.717, 1.165) is 12.2 Å². The van der Waals surface area contributed by atoms with Gasteiger partial charge in [0.2, 0.25) is 0 Å². The van der Waals surface area contributed by atoms with E-state index in [-0.39, 0.29) is 5.41 Å². The molecule has 0 heterocycles. The molecule has 0 aliphatic rings. The van der Waals surface area contributed by atoms with E-state index in [4.69, 9.17) is 5.84 Å². The van der Waals surface area contributed by atoms with Crippen molar-refractivity contribution < 1.29 is 0 Å². The van der Waals surface area contributed by atoms with Crippen molar-refractivity contribution >= 4 is 11.8 Å². The highest BCUT2D eigenvalue weighted by Crippen LogP contribution is 2.22. The van der Waals surface area contributed by atoms with Crippen LogP contribution in [0, 0.1) is 0 Å². The molecular formula is C16H28N2S. The zero-order valence-electron chi connectivity index (χ0n) is 12.7. The minimum atomic E-state index is 0.223. The van der Waals surface area contributed by atoms with Crippen molar-refractivity contribution in [1.29, 1.82) is 0 Å². The molecule has 0 saturated heterocycles. The van der Waals surface area contributed by atoms with Gasteiger partial charge in [0, 0.05) is 11.8 Å². The molecule has 3 N–H and O–H groups in total. The minimum absolute atomic E-state index is 0.223. The van der Waals surface area contributed by atoms with E-state index in [1.54, 1.807) is 0 Å². The molecular weight excluding hydrogens is 252 g/mol. The molecule has 0 spiro atoms. The Morgan fingerprint density at radius 2 is 1.84 bits per heavy atom. The van der Waals surface area contributed by atoms with Crippen LogP contribution in [0.15, 0.2) is 24.3 Å². The molecule has 1 unspecified atom stereocenters. The molecule has 0 bridgehead atoms. The molecule has 1 aromatic rings. The Balaban J connectivity index is 2.55. The summed E-state index contributed by atoms with van der Waals surface area (Å²) in [7, 11) is 0. The van der Waals surface area contributed by atoms with Crippen LogP contribution in [0.1, 0.15) is 45.2 Å². The monoisotopic (exact) mass is 280 g/mol. The highest BCUT2D eigenvalue weighted by Gasteiger charge is 2.13. The molecule has 1 aromatic carbocycles. The number of nitrogens with one attached hydrogen (secondary N) is 1. The first kappa shape index (κ1) is 16.5. The lowest BCUT2D eigenvalue weighted by molar-refractivity contribution is 0.573. The zero-order valence-corrected chi connectivity index (χ0v) is 13.5. The van der Waals surface area contributed by atoms with Gasteiger partial charge in [-0.3, -0.25) is 11.3 Å². The van der Waals surface area contributed by atoms with Gasteiger partial charge in [0.1, 0.15) is 0 Å². The molecule has 0 fully saturated rings. The van der Waals surface area contributed by atoms with Crippen LogP contribution in [-0.2, 0) is 11.8 Å². The standard InChI is InChI=1S/C16H28N2S/c1-5-10-19-12-15(18-17)11-13-6-8-14(9-7-13)16(2,3)4/h6-9,15,18H,5,10-12,17H2,1-4H3. The Hall–Kier alpha value is -0.510. The summed E-state index contributed by atoms with van der Waals surface area (Å²) < 4.78 is 0. The average Bonchev–Trinajstić information content (AvgIpc) is 2.37. The van der Waals surface area contributed by atoms with Gasteiger partial charge in [-0.2, -0.15) is 11.8 Å². The van der Waals surface area contributed by atoms with Gasteiger partial charge in [-0.1, -0.05) is 52.0 Å².